The maximum atomic E-state index is 7.17. The summed E-state index contributed by atoms with van der Waals surface area (Å²) >= 11 is 0. The Bertz CT molecular complexity index is 234. The molecule has 2 N–H and O–H groups in total. The van der Waals surface area contributed by atoms with E-state index in [1.54, 1.807) is 12.2 Å². The van der Waals surface area contributed by atoms with Crippen molar-refractivity contribution in [1.82, 2.24) is 0 Å². The molecule has 0 spiro atoms. The average molecular weight is 164 g/mol. The van der Waals surface area contributed by atoms with Crippen molar-refractivity contribution in [3.8, 4) is 0 Å². The summed E-state index contributed by atoms with van der Waals surface area (Å²) in [5.74, 6) is 0. The Hall–Kier alpha value is -1.18. The van der Waals surface area contributed by atoms with Crippen molar-refractivity contribution in [2.24, 2.45) is 0 Å². The molecule has 0 aromatic rings. The molecule has 0 amide bonds. The molecule has 0 aromatic heterocycles. The summed E-state index contributed by atoms with van der Waals surface area (Å²) in [4.78, 5) is 0. The first-order valence-corrected chi connectivity index (χ1v) is 4.15. The van der Waals surface area contributed by atoms with Gasteiger partial charge >= 0.3 is 0 Å². The summed E-state index contributed by atoms with van der Waals surface area (Å²) in [6, 6.07) is 0. The van der Waals surface area contributed by atoms with Crippen LogP contribution in [0.25, 0.3) is 0 Å². The van der Waals surface area contributed by atoms with Gasteiger partial charge in [0.05, 0.1) is 11.4 Å². The fourth-order valence-corrected chi connectivity index (χ4v) is 0.658. The molecule has 1 aliphatic carbocycles. The van der Waals surface area contributed by atoms with E-state index in [2.05, 4.69) is 13.8 Å². The average Bonchev–Trinajstić information content (AvgIpc) is 1.99. The highest BCUT2D eigenvalue weighted by Crippen LogP contribution is 2.02. The Balaban J connectivity index is 0.000000354. The summed E-state index contributed by atoms with van der Waals surface area (Å²) in [6.07, 6.45) is 6.40. The molecule has 0 fully saturated rings. The maximum absolute atomic E-state index is 7.17. The van der Waals surface area contributed by atoms with Crippen LogP contribution in [0.1, 0.15) is 27.2 Å². The third-order valence-electron chi connectivity index (χ3n) is 1.18. The van der Waals surface area contributed by atoms with Gasteiger partial charge in [-0.2, -0.15) is 0 Å². The zero-order valence-corrected chi connectivity index (χ0v) is 7.94. The van der Waals surface area contributed by atoms with E-state index in [0.717, 1.165) is 5.57 Å². The molecule has 0 radical (unpaired) electrons. The molecule has 0 bridgehead atoms. The summed E-state index contributed by atoms with van der Waals surface area (Å²) in [6.45, 7) is 6.16. The topological polar surface area (TPSA) is 47.7 Å². The van der Waals surface area contributed by atoms with Crippen LogP contribution in [0.5, 0.6) is 0 Å². The Morgan fingerprint density at radius 2 is 1.58 bits per heavy atom. The van der Waals surface area contributed by atoms with Gasteiger partial charge in [0.1, 0.15) is 0 Å². The predicted octanol–water partition coefficient (Wildman–Crippen LogP) is 2.96. The highest BCUT2D eigenvalue weighted by molar-refractivity contribution is 6.49. The number of hydrogen-bond acceptors (Lipinski definition) is 2. The van der Waals surface area contributed by atoms with E-state index in [-0.39, 0.29) is 0 Å². The highest BCUT2D eigenvalue weighted by Gasteiger charge is 2.01. The van der Waals surface area contributed by atoms with E-state index < -0.39 is 0 Å². The van der Waals surface area contributed by atoms with Crippen LogP contribution >= 0.6 is 0 Å². The summed E-state index contributed by atoms with van der Waals surface area (Å²) < 4.78 is 0. The highest BCUT2D eigenvalue weighted by atomic mass is 14.5. The standard InChI is InChI=1S/C7H8N2.C3H8/c1-5-2-3-6(8)7(9)4-5;1-3-2/h2-4,8-9H,1H3;3H2,1-2H3. The van der Waals surface area contributed by atoms with Gasteiger partial charge in [-0.1, -0.05) is 26.3 Å². The second kappa shape index (κ2) is 5.47. The van der Waals surface area contributed by atoms with Gasteiger partial charge in [0.2, 0.25) is 0 Å². The lowest BCUT2D eigenvalue weighted by Gasteiger charge is -2.01. The predicted molar refractivity (Wildman–Crippen MR) is 54.3 cm³/mol. The van der Waals surface area contributed by atoms with E-state index in [9.17, 15) is 0 Å². The van der Waals surface area contributed by atoms with Gasteiger partial charge in [-0.3, -0.25) is 10.8 Å². The second-order valence-corrected chi connectivity index (χ2v) is 2.76. The van der Waals surface area contributed by atoms with Crippen LogP contribution < -0.4 is 0 Å². The maximum Gasteiger partial charge on any atom is 0.0791 e. The molecule has 2 heteroatoms. The number of nitrogens with one attached hydrogen (secondary N) is 2. The van der Waals surface area contributed by atoms with Crippen LogP contribution in [-0.2, 0) is 0 Å². The molecule has 0 heterocycles. The SMILES string of the molecule is CC1=CC(=N)C(=N)C=C1.CCC. The number of hydrogen-bond donors (Lipinski definition) is 2. The van der Waals surface area contributed by atoms with Crippen molar-refractivity contribution in [3.63, 3.8) is 0 Å². The number of allylic oxidation sites excluding steroid dienone is 4. The molecular formula is C10H16N2. The summed E-state index contributed by atoms with van der Waals surface area (Å²) in [7, 11) is 0. The lowest BCUT2D eigenvalue weighted by Crippen LogP contribution is -2.08. The third-order valence-corrected chi connectivity index (χ3v) is 1.18. The molecule has 0 unspecified atom stereocenters. The lowest BCUT2D eigenvalue weighted by molar-refractivity contribution is 1.09. The van der Waals surface area contributed by atoms with Crippen molar-refractivity contribution in [3.05, 3.63) is 23.8 Å². The van der Waals surface area contributed by atoms with Crippen LogP contribution in [0.15, 0.2) is 23.8 Å². The van der Waals surface area contributed by atoms with Gasteiger partial charge in [0.25, 0.3) is 0 Å². The second-order valence-electron chi connectivity index (χ2n) is 2.76. The molecule has 2 nitrogen and oxygen atoms in total. The molecule has 0 saturated carbocycles. The third kappa shape index (κ3) is 3.86. The fraction of sp³-hybridized carbons (Fsp3) is 0.400. The minimum absolute atomic E-state index is 0.292. The molecular weight excluding hydrogens is 148 g/mol. The van der Waals surface area contributed by atoms with Crippen LogP contribution in [0.4, 0.5) is 0 Å². The smallest absolute Gasteiger partial charge is 0.0791 e. The molecule has 12 heavy (non-hydrogen) atoms. The van der Waals surface area contributed by atoms with Crippen molar-refractivity contribution < 1.29 is 0 Å². The van der Waals surface area contributed by atoms with E-state index >= 15 is 0 Å². The Kier molecular flexibility index (Phi) is 4.93. The fourth-order valence-electron chi connectivity index (χ4n) is 0.658. The number of rotatable bonds is 0. The van der Waals surface area contributed by atoms with Gasteiger partial charge in [0.15, 0.2) is 0 Å². The van der Waals surface area contributed by atoms with E-state index in [1.165, 1.54) is 6.42 Å². The molecule has 0 aliphatic heterocycles. The Morgan fingerprint density at radius 3 is 1.92 bits per heavy atom. The van der Waals surface area contributed by atoms with Crippen molar-refractivity contribution in [1.29, 1.82) is 10.8 Å². The lowest BCUT2D eigenvalue weighted by atomic mass is 10.1. The molecule has 0 aromatic carbocycles. The van der Waals surface area contributed by atoms with E-state index in [4.69, 9.17) is 10.8 Å². The van der Waals surface area contributed by atoms with Crippen LogP contribution in [0.2, 0.25) is 0 Å². The first kappa shape index (κ1) is 10.8. The van der Waals surface area contributed by atoms with Gasteiger partial charge in [-0.25, -0.2) is 0 Å². The zero-order valence-electron chi connectivity index (χ0n) is 7.94. The summed E-state index contributed by atoms with van der Waals surface area (Å²) in [5.41, 5.74) is 1.63. The van der Waals surface area contributed by atoms with Crippen LogP contribution in [0.3, 0.4) is 0 Å². The molecule has 66 valence electrons. The Morgan fingerprint density at radius 1 is 1.08 bits per heavy atom. The quantitative estimate of drug-likeness (QED) is 0.517. The van der Waals surface area contributed by atoms with Gasteiger partial charge in [0, 0.05) is 0 Å². The normalized spacial score (nSPS) is 15.1. The molecule has 1 rings (SSSR count). The van der Waals surface area contributed by atoms with E-state index in [0.29, 0.717) is 11.4 Å². The van der Waals surface area contributed by atoms with Crippen molar-refractivity contribution >= 4 is 11.4 Å². The van der Waals surface area contributed by atoms with Crippen molar-refractivity contribution in [2.75, 3.05) is 0 Å². The van der Waals surface area contributed by atoms with Crippen LogP contribution in [0, 0.1) is 10.8 Å². The summed E-state index contributed by atoms with van der Waals surface area (Å²) in [5, 5.41) is 14.3. The first-order valence-electron chi connectivity index (χ1n) is 4.15. The van der Waals surface area contributed by atoms with Crippen LogP contribution in [-0.4, -0.2) is 11.4 Å². The van der Waals surface area contributed by atoms with Gasteiger partial charge < -0.3 is 0 Å². The molecule has 0 saturated heterocycles. The van der Waals surface area contributed by atoms with Gasteiger partial charge in [-0.15, -0.1) is 0 Å². The largest absolute Gasteiger partial charge is 0.299 e. The zero-order chi connectivity index (χ0) is 9.56. The molecule has 1 aliphatic rings. The van der Waals surface area contributed by atoms with E-state index in [1.807, 2.05) is 13.0 Å². The Labute approximate surface area is 74.0 Å². The minimum Gasteiger partial charge on any atom is -0.299 e. The molecule has 0 atom stereocenters. The van der Waals surface area contributed by atoms with Crippen molar-refractivity contribution in [2.45, 2.75) is 27.2 Å². The minimum atomic E-state index is 0.292. The monoisotopic (exact) mass is 164 g/mol. The first-order chi connectivity index (χ1) is 5.61. The van der Waals surface area contributed by atoms with Gasteiger partial charge in [-0.05, 0) is 24.6 Å².